The number of amides is 1. The highest BCUT2D eigenvalue weighted by molar-refractivity contribution is 8.15. The predicted octanol–water partition coefficient (Wildman–Crippen LogP) is 1.57. The van der Waals surface area contributed by atoms with E-state index in [-0.39, 0.29) is 11.9 Å². The molecule has 1 aromatic carbocycles. The van der Waals surface area contributed by atoms with Crippen LogP contribution in [0.25, 0.3) is 10.2 Å². The first kappa shape index (κ1) is 11.5. The van der Waals surface area contributed by atoms with Crippen LogP contribution < -0.4 is 5.32 Å². The molecule has 0 bridgehead atoms. The van der Waals surface area contributed by atoms with E-state index in [9.17, 15) is 9.90 Å². The van der Waals surface area contributed by atoms with Crippen molar-refractivity contribution < 1.29 is 9.90 Å². The molecule has 0 spiro atoms. The van der Waals surface area contributed by atoms with E-state index in [1.165, 1.54) is 11.3 Å². The van der Waals surface area contributed by atoms with E-state index in [1.54, 1.807) is 30.0 Å². The number of aromatic hydroxyl groups is 1. The smallest absolute Gasteiger partial charge is 0.208 e. The standard InChI is InChI=1S/C11H9N3O2S2/c15-5-12-9-4-17-10(14-9)11-13-7-2-1-6(16)3-8(7)18-11/h1-3,5,9,16H,4H2,(H,12,15). The van der Waals surface area contributed by atoms with Gasteiger partial charge in [0.1, 0.15) is 22.0 Å². The highest BCUT2D eigenvalue weighted by Crippen LogP contribution is 2.30. The molecule has 1 aliphatic heterocycles. The number of nitrogens with one attached hydrogen (secondary N) is 1. The first-order valence-corrected chi connectivity index (χ1v) is 7.07. The van der Waals surface area contributed by atoms with Crippen molar-refractivity contribution in [2.75, 3.05) is 5.75 Å². The minimum Gasteiger partial charge on any atom is -0.508 e. The summed E-state index contributed by atoms with van der Waals surface area (Å²) in [4.78, 5) is 19.2. The van der Waals surface area contributed by atoms with Crippen molar-refractivity contribution in [2.45, 2.75) is 6.17 Å². The second-order valence-electron chi connectivity index (χ2n) is 3.72. The van der Waals surface area contributed by atoms with Crippen LogP contribution in [0.4, 0.5) is 0 Å². The van der Waals surface area contributed by atoms with Crippen LogP contribution in [0.1, 0.15) is 5.01 Å². The topological polar surface area (TPSA) is 74.6 Å². The van der Waals surface area contributed by atoms with Gasteiger partial charge in [0.15, 0.2) is 0 Å². The molecule has 1 amide bonds. The Morgan fingerprint density at radius 2 is 2.39 bits per heavy atom. The molecule has 1 aliphatic rings. The lowest BCUT2D eigenvalue weighted by molar-refractivity contribution is -0.109. The molecule has 1 aromatic heterocycles. The van der Waals surface area contributed by atoms with Crippen molar-refractivity contribution in [3.05, 3.63) is 23.2 Å². The quantitative estimate of drug-likeness (QED) is 0.836. The van der Waals surface area contributed by atoms with Gasteiger partial charge in [0.05, 0.1) is 10.2 Å². The number of aliphatic imine (C=N–C) groups is 1. The molecule has 0 saturated carbocycles. The largest absolute Gasteiger partial charge is 0.508 e. The fourth-order valence-corrected chi connectivity index (χ4v) is 3.71. The number of phenolic OH excluding ortho intramolecular Hbond substituents is 1. The number of fused-ring (bicyclic) bond motifs is 1. The molecule has 0 aliphatic carbocycles. The van der Waals surface area contributed by atoms with Gasteiger partial charge in [-0.25, -0.2) is 9.98 Å². The summed E-state index contributed by atoms with van der Waals surface area (Å²) in [5.41, 5.74) is 0.850. The van der Waals surface area contributed by atoms with Crippen LogP contribution in [0.5, 0.6) is 5.75 Å². The third kappa shape index (κ3) is 2.06. The summed E-state index contributed by atoms with van der Waals surface area (Å²) in [6.45, 7) is 0. The number of hydrogen-bond acceptors (Lipinski definition) is 6. The van der Waals surface area contributed by atoms with Gasteiger partial charge in [-0.1, -0.05) is 11.8 Å². The van der Waals surface area contributed by atoms with Crippen LogP contribution in [0.15, 0.2) is 23.2 Å². The van der Waals surface area contributed by atoms with Crippen molar-refractivity contribution >= 4 is 44.8 Å². The predicted molar refractivity (Wildman–Crippen MR) is 73.3 cm³/mol. The summed E-state index contributed by atoms with van der Waals surface area (Å²) in [6, 6.07) is 5.09. The van der Waals surface area contributed by atoms with E-state index >= 15 is 0 Å². The first-order valence-electron chi connectivity index (χ1n) is 5.26. The molecule has 7 heteroatoms. The number of nitrogens with zero attached hydrogens (tertiary/aromatic N) is 2. The average Bonchev–Trinajstić information content (AvgIpc) is 2.94. The molecule has 2 aromatic rings. The van der Waals surface area contributed by atoms with Crippen molar-refractivity contribution in [3.8, 4) is 5.75 Å². The maximum Gasteiger partial charge on any atom is 0.208 e. The Morgan fingerprint density at radius 1 is 1.50 bits per heavy atom. The fraction of sp³-hybridized carbons (Fsp3) is 0.182. The lowest BCUT2D eigenvalue weighted by Gasteiger charge is -1.99. The fourth-order valence-electron chi connectivity index (χ4n) is 1.66. The normalized spacial score (nSPS) is 18.9. The maximum absolute atomic E-state index is 10.4. The molecule has 0 saturated heterocycles. The molecule has 0 radical (unpaired) electrons. The number of aromatic nitrogens is 1. The number of rotatable bonds is 3. The molecule has 2 heterocycles. The van der Waals surface area contributed by atoms with Gasteiger partial charge in [-0.3, -0.25) is 4.79 Å². The van der Waals surface area contributed by atoms with Gasteiger partial charge < -0.3 is 10.4 Å². The van der Waals surface area contributed by atoms with E-state index < -0.39 is 0 Å². The zero-order valence-corrected chi connectivity index (χ0v) is 10.8. The molecule has 92 valence electrons. The van der Waals surface area contributed by atoms with Gasteiger partial charge in [0.2, 0.25) is 6.41 Å². The van der Waals surface area contributed by atoms with Gasteiger partial charge in [-0.2, -0.15) is 0 Å². The third-order valence-corrected chi connectivity index (χ3v) is 4.68. The number of thiazole rings is 1. The number of carbonyl (C=O) groups is 1. The van der Waals surface area contributed by atoms with Crippen LogP contribution in [0.2, 0.25) is 0 Å². The number of phenols is 1. The van der Waals surface area contributed by atoms with Crippen molar-refractivity contribution in [2.24, 2.45) is 4.99 Å². The van der Waals surface area contributed by atoms with E-state index in [0.717, 1.165) is 26.0 Å². The molecule has 3 rings (SSSR count). The maximum atomic E-state index is 10.4. The minimum absolute atomic E-state index is 0.164. The number of benzene rings is 1. The summed E-state index contributed by atoms with van der Waals surface area (Å²) in [5.74, 6) is 0.967. The molecular weight excluding hydrogens is 270 g/mol. The Hall–Kier alpha value is -1.60. The van der Waals surface area contributed by atoms with Crippen LogP contribution >= 0.6 is 23.1 Å². The van der Waals surface area contributed by atoms with Gasteiger partial charge >= 0.3 is 0 Å². The highest BCUT2D eigenvalue weighted by Gasteiger charge is 2.21. The number of carbonyl (C=O) groups excluding carboxylic acids is 1. The van der Waals surface area contributed by atoms with Crippen molar-refractivity contribution in [3.63, 3.8) is 0 Å². The molecule has 1 unspecified atom stereocenters. The van der Waals surface area contributed by atoms with Crippen LogP contribution in [0.3, 0.4) is 0 Å². The zero-order chi connectivity index (χ0) is 12.5. The zero-order valence-electron chi connectivity index (χ0n) is 9.16. The summed E-state index contributed by atoms with van der Waals surface area (Å²) in [6.07, 6.45) is 0.497. The molecule has 5 nitrogen and oxygen atoms in total. The first-order chi connectivity index (χ1) is 8.76. The van der Waals surface area contributed by atoms with E-state index in [0.29, 0.717) is 6.41 Å². The molecular formula is C11H9N3O2S2. The SMILES string of the molecule is O=CNC1CSC(c2nc3ccc(O)cc3s2)=N1. The summed E-state index contributed by atoms with van der Waals surface area (Å²) in [5, 5.41) is 13.7. The molecule has 18 heavy (non-hydrogen) atoms. The Kier molecular flexibility index (Phi) is 2.92. The van der Waals surface area contributed by atoms with Crippen LogP contribution in [-0.4, -0.2) is 33.5 Å². The second kappa shape index (κ2) is 4.58. The monoisotopic (exact) mass is 279 g/mol. The Morgan fingerprint density at radius 3 is 3.22 bits per heavy atom. The number of thioether (sulfide) groups is 1. The van der Waals surface area contributed by atoms with Crippen LogP contribution in [-0.2, 0) is 4.79 Å². The molecule has 0 fully saturated rings. The van der Waals surface area contributed by atoms with E-state index in [2.05, 4.69) is 15.3 Å². The van der Waals surface area contributed by atoms with Gasteiger partial charge in [0.25, 0.3) is 0 Å². The Labute approximate surface area is 111 Å². The Bertz CT molecular complexity index is 638. The summed E-state index contributed by atoms with van der Waals surface area (Å²) < 4.78 is 0.931. The minimum atomic E-state index is -0.164. The average molecular weight is 279 g/mol. The molecule has 1 atom stereocenters. The Balaban J connectivity index is 1.95. The second-order valence-corrected chi connectivity index (χ2v) is 5.76. The lowest BCUT2D eigenvalue weighted by atomic mass is 10.3. The number of hydrogen-bond donors (Lipinski definition) is 2. The van der Waals surface area contributed by atoms with Crippen molar-refractivity contribution in [1.29, 1.82) is 0 Å². The van der Waals surface area contributed by atoms with E-state index in [1.807, 2.05) is 0 Å². The van der Waals surface area contributed by atoms with Gasteiger partial charge in [-0.15, -0.1) is 11.3 Å². The molecule has 2 N–H and O–H groups in total. The van der Waals surface area contributed by atoms with Gasteiger partial charge in [0, 0.05) is 5.75 Å². The van der Waals surface area contributed by atoms with Crippen LogP contribution in [0, 0.1) is 0 Å². The highest BCUT2D eigenvalue weighted by atomic mass is 32.2. The lowest BCUT2D eigenvalue weighted by Crippen LogP contribution is -2.25. The van der Waals surface area contributed by atoms with E-state index in [4.69, 9.17) is 0 Å². The van der Waals surface area contributed by atoms with Gasteiger partial charge in [-0.05, 0) is 18.2 Å². The van der Waals surface area contributed by atoms with Crippen molar-refractivity contribution in [1.82, 2.24) is 10.3 Å². The third-order valence-electron chi connectivity index (χ3n) is 2.47. The summed E-state index contributed by atoms with van der Waals surface area (Å²) in [7, 11) is 0. The summed E-state index contributed by atoms with van der Waals surface area (Å²) >= 11 is 3.07.